The van der Waals surface area contributed by atoms with Gasteiger partial charge in [-0.3, -0.25) is 0 Å². The zero-order valence-corrected chi connectivity index (χ0v) is 4.16. The molecule has 0 aliphatic rings. The predicted octanol–water partition coefficient (Wildman–Crippen LogP) is -0.302. The van der Waals surface area contributed by atoms with Crippen molar-refractivity contribution >= 4 is 6.47 Å². The molecule has 0 saturated carbocycles. The summed E-state index contributed by atoms with van der Waals surface area (Å²) in [6, 6.07) is 0. The fourth-order valence-electron chi connectivity index (χ4n) is 0. The van der Waals surface area contributed by atoms with Crippen molar-refractivity contribution in [1.29, 1.82) is 0 Å². The van der Waals surface area contributed by atoms with Crippen molar-refractivity contribution in [2.75, 3.05) is 7.11 Å². The van der Waals surface area contributed by atoms with E-state index in [0.29, 0.717) is 0 Å². The van der Waals surface area contributed by atoms with Crippen LogP contribution in [0.5, 0.6) is 0 Å². The SMILES string of the molecule is CO[C]=O.[V]. The Hall–Kier alpha value is 0.0544. The average molecular weight is 110 g/mol. The smallest absolute Gasteiger partial charge is 0.417 e. The van der Waals surface area contributed by atoms with Gasteiger partial charge >= 0.3 is 6.47 Å². The first-order chi connectivity index (χ1) is 1.91. The Bertz CT molecular complexity index is 21.6. The molecule has 0 atom stereocenters. The molecule has 0 unspecified atom stereocenters. The molecule has 0 aromatic heterocycles. The van der Waals surface area contributed by atoms with Crippen molar-refractivity contribution in [3.05, 3.63) is 0 Å². The van der Waals surface area contributed by atoms with Gasteiger partial charge in [0, 0.05) is 18.6 Å². The van der Waals surface area contributed by atoms with Gasteiger partial charge in [-0.25, -0.2) is 4.79 Å². The maximum atomic E-state index is 8.83. The molecule has 0 aromatic rings. The van der Waals surface area contributed by atoms with Gasteiger partial charge in [-0.15, -0.1) is 0 Å². The second-order valence-corrected chi connectivity index (χ2v) is 0.287. The van der Waals surface area contributed by atoms with Crippen LogP contribution in [0.15, 0.2) is 0 Å². The summed E-state index contributed by atoms with van der Waals surface area (Å²) in [5, 5.41) is 0. The van der Waals surface area contributed by atoms with Crippen LogP contribution in [-0.2, 0) is 28.1 Å². The van der Waals surface area contributed by atoms with E-state index in [1.807, 2.05) is 0 Å². The second kappa shape index (κ2) is 8.96. The first kappa shape index (κ1) is 8.91. The number of ether oxygens (including phenoxy) is 1. The minimum absolute atomic E-state index is 0. The maximum absolute atomic E-state index is 8.83. The third kappa shape index (κ3) is 15.4. The Kier molecular flexibility index (Phi) is 16.0. The molecule has 0 spiro atoms. The molecule has 0 saturated heterocycles. The van der Waals surface area contributed by atoms with Crippen molar-refractivity contribution < 1.29 is 28.1 Å². The Labute approximate surface area is 42.4 Å². The molecular formula is C2H3O2V. The quantitative estimate of drug-likeness (QED) is 0.463. The molecule has 2 radical (unpaired) electrons. The minimum Gasteiger partial charge on any atom is -0.461 e. The molecule has 0 aromatic carbocycles. The van der Waals surface area contributed by atoms with E-state index in [2.05, 4.69) is 4.74 Å². The Morgan fingerprint density at radius 1 is 1.80 bits per heavy atom. The summed E-state index contributed by atoms with van der Waals surface area (Å²) in [5.74, 6) is 0. The molecule has 0 heterocycles. The van der Waals surface area contributed by atoms with Crippen LogP contribution in [0, 0.1) is 0 Å². The molecule has 0 aliphatic carbocycles. The van der Waals surface area contributed by atoms with Crippen molar-refractivity contribution in [1.82, 2.24) is 0 Å². The summed E-state index contributed by atoms with van der Waals surface area (Å²) in [6.45, 7) is 1.18. The summed E-state index contributed by atoms with van der Waals surface area (Å²) in [7, 11) is 1.26. The predicted molar refractivity (Wildman–Crippen MR) is 12.7 cm³/mol. The maximum Gasteiger partial charge on any atom is 0.417 e. The Balaban J connectivity index is 0. The van der Waals surface area contributed by atoms with E-state index in [4.69, 9.17) is 4.79 Å². The first-order valence-electron chi connectivity index (χ1n) is 0.816. The number of rotatable bonds is 1. The van der Waals surface area contributed by atoms with Crippen LogP contribution in [0.3, 0.4) is 0 Å². The molecule has 0 aliphatic heterocycles. The number of hydrogen-bond acceptors (Lipinski definition) is 2. The molecule has 0 fully saturated rings. The first-order valence-corrected chi connectivity index (χ1v) is 0.816. The summed E-state index contributed by atoms with van der Waals surface area (Å²) in [6.07, 6.45) is 0. The van der Waals surface area contributed by atoms with E-state index < -0.39 is 0 Å². The van der Waals surface area contributed by atoms with Crippen molar-refractivity contribution in [3.8, 4) is 0 Å². The van der Waals surface area contributed by atoms with Gasteiger partial charge in [0.05, 0.1) is 7.11 Å². The fourth-order valence-corrected chi connectivity index (χ4v) is 0. The van der Waals surface area contributed by atoms with Crippen LogP contribution in [-0.4, -0.2) is 13.6 Å². The molecule has 28 valence electrons. The largest absolute Gasteiger partial charge is 0.461 e. The number of carbonyl (C=O) groups excluding carboxylic acids is 1. The average Bonchev–Trinajstić information content (AvgIpc) is 1.37. The van der Waals surface area contributed by atoms with Crippen LogP contribution < -0.4 is 0 Å². The third-order valence-corrected chi connectivity index (χ3v) is 0.0833. The van der Waals surface area contributed by atoms with Crippen molar-refractivity contribution in [2.24, 2.45) is 0 Å². The van der Waals surface area contributed by atoms with Crippen LogP contribution in [0.1, 0.15) is 0 Å². The summed E-state index contributed by atoms with van der Waals surface area (Å²) in [5.41, 5.74) is 0. The monoisotopic (exact) mass is 110 g/mol. The van der Waals surface area contributed by atoms with Gasteiger partial charge in [-0.2, -0.15) is 0 Å². The zero-order chi connectivity index (χ0) is 3.41. The van der Waals surface area contributed by atoms with Crippen LogP contribution >= 0.6 is 0 Å². The second-order valence-electron chi connectivity index (χ2n) is 0.287. The van der Waals surface area contributed by atoms with Crippen LogP contribution in [0.2, 0.25) is 0 Å². The molecular weight excluding hydrogens is 107 g/mol. The van der Waals surface area contributed by atoms with Gasteiger partial charge in [0.15, 0.2) is 0 Å². The van der Waals surface area contributed by atoms with E-state index in [1.165, 1.54) is 13.6 Å². The van der Waals surface area contributed by atoms with E-state index in [1.54, 1.807) is 0 Å². The summed E-state index contributed by atoms with van der Waals surface area (Å²) in [4.78, 5) is 8.83. The number of methoxy groups -OCH3 is 1. The molecule has 0 bridgehead atoms. The van der Waals surface area contributed by atoms with Gasteiger partial charge in [0.1, 0.15) is 0 Å². The molecule has 2 nitrogen and oxygen atoms in total. The fraction of sp³-hybridized carbons (Fsp3) is 0.500. The summed E-state index contributed by atoms with van der Waals surface area (Å²) < 4.78 is 3.74. The molecule has 5 heavy (non-hydrogen) atoms. The van der Waals surface area contributed by atoms with Gasteiger partial charge in [-0.05, 0) is 0 Å². The Morgan fingerprint density at radius 2 is 2.00 bits per heavy atom. The van der Waals surface area contributed by atoms with Gasteiger partial charge in [0.2, 0.25) is 0 Å². The van der Waals surface area contributed by atoms with Gasteiger partial charge < -0.3 is 4.74 Å². The van der Waals surface area contributed by atoms with Crippen molar-refractivity contribution in [3.63, 3.8) is 0 Å². The minimum atomic E-state index is 0. The van der Waals surface area contributed by atoms with E-state index in [-0.39, 0.29) is 18.6 Å². The van der Waals surface area contributed by atoms with Crippen LogP contribution in [0.25, 0.3) is 0 Å². The molecule has 0 amide bonds. The van der Waals surface area contributed by atoms with E-state index in [0.717, 1.165) is 0 Å². The Morgan fingerprint density at radius 3 is 2.00 bits per heavy atom. The van der Waals surface area contributed by atoms with Crippen LogP contribution in [0.4, 0.5) is 0 Å². The topological polar surface area (TPSA) is 26.3 Å². The van der Waals surface area contributed by atoms with E-state index in [9.17, 15) is 0 Å². The van der Waals surface area contributed by atoms with Gasteiger partial charge in [-0.1, -0.05) is 0 Å². The normalized spacial score (nSPS) is 4.20. The standard InChI is InChI=1S/C2H3O2.V/c1-4-2-3;/h1H3;. The molecule has 0 N–H and O–H groups in total. The zero-order valence-electron chi connectivity index (χ0n) is 2.76. The molecule has 3 heteroatoms. The number of hydrogen-bond donors (Lipinski definition) is 0. The summed E-state index contributed by atoms with van der Waals surface area (Å²) >= 11 is 0. The van der Waals surface area contributed by atoms with E-state index >= 15 is 0 Å². The molecule has 0 rings (SSSR count). The third-order valence-electron chi connectivity index (χ3n) is 0.0833. The van der Waals surface area contributed by atoms with Gasteiger partial charge in [0.25, 0.3) is 0 Å². The van der Waals surface area contributed by atoms with Crippen molar-refractivity contribution in [2.45, 2.75) is 0 Å².